The lowest BCUT2D eigenvalue weighted by Gasteiger charge is -2.05. The summed E-state index contributed by atoms with van der Waals surface area (Å²) in [6.07, 6.45) is 3.51. The van der Waals surface area contributed by atoms with Gasteiger partial charge in [-0.15, -0.1) is 5.10 Å². The zero-order valence-electron chi connectivity index (χ0n) is 15.1. The minimum absolute atomic E-state index is 0.254. The molecule has 0 aliphatic heterocycles. The Morgan fingerprint density at radius 2 is 2.07 bits per heavy atom. The van der Waals surface area contributed by atoms with E-state index in [9.17, 15) is 4.79 Å². The molecule has 5 aromatic rings. The maximum absolute atomic E-state index is 12.7. The van der Waals surface area contributed by atoms with Crippen molar-refractivity contribution in [2.75, 3.05) is 5.73 Å². The molecule has 1 aromatic carbocycles. The summed E-state index contributed by atoms with van der Waals surface area (Å²) in [4.78, 5) is 20.3. The molecule has 0 aliphatic rings. The van der Waals surface area contributed by atoms with Gasteiger partial charge in [-0.25, -0.2) is 0 Å². The molecule has 0 unspecified atom stereocenters. The van der Waals surface area contributed by atoms with Crippen LogP contribution in [0, 0.1) is 0 Å². The van der Waals surface area contributed by atoms with Crippen LogP contribution in [0.2, 0.25) is 0 Å². The second kappa shape index (κ2) is 6.05. The Bertz CT molecular complexity index is 1380. The first-order valence-electron chi connectivity index (χ1n) is 8.94. The Morgan fingerprint density at radius 1 is 1.18 bits per heavy atom. The second-order valence-electron chi connectivity index (χ2n) is 6.49. The van der Waals surface area contributed by atoms with Crippen molar-refractivity contribution in [1.29, 1.82) is 0 Å². The maximum atomic E-state index is 12.7. The van der Waals surface area contributed by atoms with Gasteiger partial charge in [0.25, 0.3) is 5.56 Å². The zero-order chi connectivity index (χ0) is 19.3. The summed E-state index contributed by atoms with van der Waals surface area (Å²) in [6.45, 7) is 2.85. The van der Waals surface area contributed by atoms with Gasteiger partial charge in [-0.1, -0.05) is 12.1 Å². The van der Waals surface area contributed by atoms with Crippen LogP contribution in [-0.4, -0.2) is 29.4 Å². The van der Waals surface area contributed by atoms with Crippen molar-refractivity contribution >= 4 is 22.4 Å². The Hall–Kier alpha value is -3.94. The van der Waals surface area contributed by atoms with Gasteiger partial charge in [-0.3, -0.25) is 14.5 Å². The molecule has 0 radical (unpaired) electrons. The highest BCUT2D eigenvalue weighted by Gasteiger charge is 2.17. The first-order valence-corrected chi connectivity index (χ1v) is 8.94. The molecule has 3 N–H and O–H groups in total. The van der Waals surface area contributed by atoms with E-state index in [0.29, 0.717) is 22.6 Å². The predicted molar refractivity (Wildman–Crippen MR) is 108 cm³/mol. The number of aryl methyl sites for hydroxylation is 1. The standard InChI is InChI=1S/C20H17N7O/c1-2-26-16-7-6-12(9-13(16)11-23-26)15-10-17(28)27-20(24-15)18(19(21)25-27)14-5-3-4-8-22-14/h3-11,24H,2H2,1H3,(H2,21,25). The third-order valence-corrected chi connectivity index (χ3v) is 4.82. The van der Waals surface area contributed by atoms with Crippen LogP contribution in [0.5, 0.6) is 0 Å². The number of nitrogen functional groups attached to an aromatic ring is 1. The molecule has 0 saturated carbocycles. The van der Waals surface area contributed by atoms with Crippen LogP contribution >= 0.6 is 0 Å². The zero-order valence-corrected chi connectivity index (χ0v) is 15.1. The minimum atomic E-state index is -0.262. The number of nitrogens with one attached hydrogen (secondary N) is 1. The van der Waals surface area contributed by atoms with Crippen molar-refractivity contribution in [2.45, 2.75) is 13.5 Å². The molecule has 0 amide bonds. The van der Waals surface area contributed by atoms with Crippen molar-refractivity contribution in [3.05, 3.63) is 65.2 Å². The fourth-order valence-corrected chi connectivity index (χ4v) is 3.48. The molecule has 0 fully saturated rings. The van der Waals surface area contributed by atoms with Gasteiger partial charge in [0.15, 0.2) is 5.82 Å². The summed E-state index contributed by atoms with van der Waals surface area (Å²) in [7, 11) is 0. The molecule has 8 heteroatoms. The number of H-pyrrole nitrogens is 1. The summed E-state index contributed by atoms with van der Waals surface area (Å²) < 4.78 is 3.21. The predicted octanol–water partition coefficient (Wildman–Crippen LogP) is 2.70. The Morgan fingerprint density at radius 3 is 2.86 bits per heavy atom. The van der Waals surface area contributed by atoms with Gasteiger partial charge < -0.3 is 10.7 Å². The quantitative estimate of drug-likeness (QED) is 0.507. The Labute approximate surface area is 159 Å². The molecule has 28 heavy (non-hydrogen) atoms. The molecule has 0 spiro atoms. The van der Waals surface area contributed by atoms with Crippen molar-refractivity contribution in [3.63, 3.8) is 0 Å². The van der Waals surface area contributed by atoms with Gasteiger partial charge >= 0.3 is 0 Å². The van der Waals surface area contributed by atoms with Crippen molar-refractivity contribution < 1.29 is 0 Å². The van der Waals surface area contributed by atoms with Crippen LogP contribution in [0.15, 0.2) is 59.7 Å². The van der Waals surface area contributed by atoms with E-state index in [1.54, 1.807) is 6.20 Å². The molecule has 138 valence electrons. The van der Waals surface area contributed by atoms with Crippen LogP contribution in [0.1, 0.15) is 6.92 Å². The number of aromatic amines is 1. The second-order valence-corrected chi connectivity index (χ2v) is 6.49. The maximum Gasteiger partial charge on any atom is 0.274 e. The third-order valence-electron chi connectivity index (χ3n) is 4.82. The number of fused-ring (bicyclic) bond motifs is 2. The van der Waals surface area contributed by atoms with Gasteiger partial charge in [0.1, 0.15) is 5.65 Å². The summed E-state index contributed by atoms with van der Waals surface area (Å²) in [5.74, 6) is 0.254. The number of pyridine rings is 1. The number of hydrogen-bond donors (Lipinski definition) is 2. The fourth-order valence-electron chi connectivity index (χ4n) is 3.48. The lowest BCUT2D eigenvalue weighted by atomic mass is 10.1. The average Bonchev–Trinajstić information content (AvgIpc) is 3.28. The molecule has 4 heterocycles. The lowest BCUT2D eigenvalue weighted by Crippen LogP contribution is -2.14. The highest BCUT2D eigenvalue weighted by Crippen LogP contribution is 2.29. The Balaban J connectivity index is 1.74. The fraction of sp³-hybridized carbons (Fsp3) is 0.100. The number of rotatable bonds is 3. The molecule has 0 aliphatic carbocycles. The van der Waals surface area contributed by atoms with E-state index in [4.69, 9.17) is 5.73 Å². The highest BCUT2D eigenvalue weighted by molar-refractivity contribution is 5.87. The van der Waals surface area contributed by atoms with Crippen molar-refractivity contribution in [1.82, 2.24) is 29.4 Å². The van der Waals surface area contributed by atoms with Crippen molar-refractivity contribution in [2.24, 2.45) is 0 Å². The first-order chi connectivity index (χ1) is 13.7. The van der Waals surface area contributed by atoms with E-state index in [1.807, 2.05) is 47.3 Å². The normalized spacial score (nSPS) is 11.5. The monoisotopic (exact) mass is 371 g/mol. The lowest BCUT2D eigenvalue weighted by molar-refractivity contribution is 0.684. The molecule has 0 bridgehead atoms. The topological polar surface area (TPSA) is 107 Å². The number of hydrogen-bond acceptors (Lipinski definition) is 5. The van der Waals surface area contributed by atoms with Gasteiger partial charge in [0.05, 0.1) is 28.7 Å². The molecule has 4 aromatic heterocycles. The summed E-state index contributed by atoms with van der Waals surface area (Å²) in [5, 5.41) is 9.58. The number of nitrogens with two attached hydrogens (primary N) is 1. The van der Waals surface area contributed by atoms with Crippen molar-refractivity contribution in [3.8, 4) is 22.5 Å². The summed E-state index contributed by atoms with van der Waals surface area (Å²) in [6, 6.07) is 13.0. The van der Waals surface area contributed by atoms with Crippen LogP contribution in [0.4, 0.5) is 5.82 Å². The van der Waals surface area contributed by atoms with Crippen LogP contribution in [0.3, 0.4) is 0 Å². The number of benzene rings is 1. The molecule has 0 atom stereocenters. The number of aromatic nitrogens is 6. The van der Waals surface area contributed by atoms with E-state index in [2.05, 4.69) is 27.1 Å². The van der Waals surface area contributed by atoms with E-state index in [1.165, 1.54) is 10.6 Å². The first kappa shape index (κ1) is 16.2. The molecular formula is C20H17N7O. The highest BCUT2D eigenvalue weighted by atomic mass is 16.1. The van der Waals surface area contributed by atoms with E-state index < -0.39 is 0 Å². The summed E-state index contributed by atoms with van der Waals surface area (Å²) >= 11 is 0. The Kier molecular flexibility index (Phi) is 3.51. The third kappa shape index (κ3) is 2.38. The summed E-state index contributed by atoms with van der Waals surface area (Å²) in [5.41, 5.74) is 10.2. The van der Waals surface area contributed by atoms with Crippen LogP contribution in [-0.2, 0) is 6.54 Å². The van der Waals surface area contributed by atoms with Gasteiger partial charge in [-0.05, 0) is 36.8 Å². The smallest absolute Gasteiger partial charge is 0.274 e. The number of nitrogens with zero attached hydrogens (tertiary/aromatic N) is 5. The van der Waals surface area contributed by atoms with E-state index in [0.717, 1.165) is 23.0 Å². The molecular weight excluding hydrogens is 354 g/mol. The molecule has 5 rings (SSSR count). The van der Waals surface area contributed by atoms with E-state index >= 15 is 0 Å². The van der Waals surface area contributed by atoms with Gasteiger partial charge in [-0.2, -0.15) is 9.61 Å². The number of anilines is 1. The molecule has 0 saturated heterocycles. The van der Waals surface area contributed by atoms with E-state index in [-0.39, 0.29) is 11.4 Å². The van der Waals surface area contributed by atoms with Crippen LogP contribution in [0.25, 0.3) is 39.1 Å². The average molecular weight is 371 g/mol. The van der Waals surface area contributed by atoms with Gasteiger partial charge in [0, 0.05) is 24.2 Å². The van der Waals surface area contributed by atoms with Crippen LogP contribution < -0.4 is 11.3 Å². The SMILES string of the molecule is CCn1ncc2cc(-c3cc(=O)n4nc(N)c(-c5ccccn5)c4[nH]3)ccc21. The molecule has 8 nitrogen and oxygen atoms in total. The minimum Gasteiger partial charge on any atom is -0.382 e. The largest absolute Gasteiger partial charge is 0.382 e. The van der Waals surface area contributed by atoms with Gasteiger partial charge in [0.2, 0.25) is 0 Å².